The molecule has 178 valence electrons. The maximum atomic E-state index is 13.1. The Morgan fingerprint density at radius 2 is 1.65 bits per heavy atom. The van der Waals surface area contributed by atoms with Gasteiger partial charge in [-0.15, -0.1) is 0 Å². The second-order valence-electron chi connectivity index (χ2n) is 8.98. The van der Waals surface area contributed by atoms with Crippen LogP contribution in [0.2, 0.25) is 0 Å². The molecule has 1 fully saturated rings. The van der Waals surface area contributed by atoms with Crippen molar-refractivity contribution in [2.75, 3.05) is 26.8 Å². The highest BCUT2D eigenvalue weighted by molar-refractivity contribution is 5.94. The van der Waals surface area contributed by atoms with Crippen LogP contribution in [-0.2, 0) is 4.74 Å². The van der Waals surface area contributed by atoms with Gasteiger partial charge in [0, 0.05) is 24.2 Å². The molecular formula is C27H31N3O4. The Morgan fingerprint density at radius 3 is 2.24 bits per heavy atom. The first-order valence-electron chi connectivity index (χ1n) is 11.7. The Hall–Kier alpha value is -3.61. The lowest BCUT2D eigenvalue weighted by atomic mass is 9.91. The smallest absolute Gasteiger partial charge is 0.358 e. The Bertz CT molecular complexity index is 1140. The van der Waals surface area contributed by atoms with E-state index in [-0.39, 0.29) is 18.2 Å². The van der Waals surface area contributed by atoms with E-state index in [0.717, 1.165) is 42.2 Å². The van der Waals surface area contributed by atoms with Gasteiger partial charge in [0.05, 0.1) is 25.1 Å². The van der Waals surface area contributed by atoms with Gasteiger partial charge in [-0.05, 0) is 79.8 Å². The summed E-state index contributed by atoms with van der Waals surface area (Å²) in [6, 6.07) is 16.6. The summed E-state index contributed by atoms with van der Waals surface area (Å²) in [5.41, 5.74) is 3.24. The zero-order valence-corrected chi connectivity index (χ0v) is 20.2. The second-order valence-corrected chi connectivity index (χ2v) is 8.98. The second kappa shape index (κ2) is 10.1. The van der Waals surface area contributed by atoms with Crippen molar-refractivity contribution in [2.45, 2.75) is 27.2 Å². The number of carbonyl (C=O) groups is 2. The number of ether oxygens (including phenoxy) is 2. The molecule has 0 aliphatic carbocycles. The fourth-order valence-electron chi connectivity index (χ4n) is 4.61. The summed E-state index contributed by atoms with van der Waals surface area (Å²) < 4.78 is 12.1. The molecule has 1 saturated heterocycles. The van der Waals surface area contributed by atoms with Gasteiger partial charge in [-0.3, -0.25) is 4.79 Å². The maximum absolute atomic E-state index is 13.1. The van der Waals surface area contributed by atoms with E-state index >= 15 is 0 Å². The quantitative estimate of drug-likeness (QED) is 0.491. The summed E-state index contributed by atoms with van der Waals surface area (Å²) in [6.45, 7) is 7.99. The summed E-state index contributed by atoms with van der Waals surface area (Å²) >= 11 is 0. The predicted octanol–water partition coefficient (Wildman–Crippen LogP) is 4.84. The van der Waals surface area contributed by atoms with Crippen molar-refractivity contribution in [1.29, 1.82) is 0 Å². The summed E-state index contributed by atoms with van der Waals surface area (Å²) in [5.74, 6) is 1.32. The van der Waals surface area contributed by atoms with E-state index in [1.807, 2.05) is 53.4 Å². The number of benzene rings is 2. The van der Waals surface area contributed by atoms with E-state index in [2.05, 4.69) is 18.9 Å². The zero-order valence-electron chi connectivity index (χ0n) is 20.2. The largest absolute Gasteiger partial charge is 0.497 e. The number of piperidine rings is 1. The van der Waals surface area contributed by atoms with Gasteiger partial charge in [0.2, 0.25) is 0 Å². The van der Waals surface area contributed by atoms with E-state index in [0.29, 0.717) is 17.4 Å². The van der Waals surface area contributed by atoms with Gasteiger partial charge in [0.1, 0.15) is 5.75 Å². The molecule has 1 aliphatic rings. The van der Waals surface area contributed by atoms with Crippen LogP contribution in [0.5, 0.6) is 5.75 Å². The van der Waals surface area contributed by atoms with E-state index in [1.165, 1.54) is 0 Å². The SMILES string of the molecule is CCOC(=O)c1cc(-c2ccc(OC)cc2)n(-c2ccc(C(=O)N3C[C@H](C)C[C@@H](C)C3)cc2)n1. The Morgan fingerprint density at radius 1 is 1.00 bits per heavy atom. The summed E-state index contributed by atoms with van der Waals surface area (Å²) in [5, 5.41) is 4.52. The molecule has 1 aliphatic heterocycles. The number of esters is 1. The lowest BCUT2D eigenvalue weighted by Crippen LogP contribution is -2.42. The summed E-state index contributed by atoms with van der Waals surface area (Å²) in [4.78, 5) is 27.4. The highest BCUT2D eigenvalue weighted by Gasteiger charge is 2.26. The minimum atomic E-state index is -0.476. The van der Waals surface area contributed by atoms with Crippen LogP contribution in [0.4, 0.5) is 0 Å². The fraction of sp³-hybridized carbons (Fsp3) is 0.370. The first kappa shape index (κ1) is 23.5. The lowest BCUT2D eigenvalue weighted by Gasteiger charge is -2.35. The third kappa shape index (κ3) is 4.98. The van der Waals surface area contributed by atoms with Crippen molar-refractivity contribution in [1.82, 2.24) is 14.7 Å². The number of nitrogens with zero attached hydrogens (tertiary/aromatic N) is 3. The molecule has 7 heteroatoms. The number of aromatic nitrogens is 2. The van der Waals surface area contributed by atoms with E-state index in [9.17, 15) is 9.59 Å². The Labute approximate surface area is 200 Å². The number of rotatable bonds is 6. The molecule has 34 heavy (non-hydrogen) atoms. The standard InChI is InChI=1S/C27H31N3O4/c1-5-34-27(32)24-15-25(20-8-12-23(33-4)13-9-20)30(28-24)22-10-6-21(7-11-22)26(31)29-16-18(2)14-19(3)17-29/h6-13,15,18-19H,5,14,16-17H2,1-4H3/t18-,19-/m1/s1. The third-order valence-corrected chi connectivity index (χ3v) is 6.09. The van der Waals surface area contributed by atoms with Gasteiger partial charge in [-0.1, -0.05) is 13.8 Å². The normalized spacial score (nSPS) is 17.9. The van der Waals surface area contributed by atoms with Crippen molar-refractivity contribution in [3.8, 4) is 22.7 Å². The van der Waals surface area contributed by atoms with Crippen LogP contribution in [0, 0.1) is 11.8 Å². The van der Waals surface area contributed by atoms with Crippen molar-refractivity contribution in [3.63, 3.8) is 0 Å². The summed E-state index contributed by atoms with van der Waals surface area (Å²) in [7, 11) is 1.62. The highest BCUT2D eigenvalue weighted by Crippen LogP contribution is 2.27. The molecule has 1 amide bonds. The molecule has 2 aromatic carbocycles. The van der Waals surface area contributed by atoms with Crippen molar-refractivity contribution in [2.24, 2.45) is 11.8 Å². The molecule has 0 radical (unpaired) electrons. The lowest BCUT2D eigenvalue weighted by molar-refractivity contribution is 0.0518. The molecule has 4 rings (SSSR count). The van der Waals surface area contributed by atoms with Crippen molar-refractivity contribution >= 4 is 11.9 Å². The molecule has 7 nitrogen and oxygen atoms in total. The van der Waals surface area contributed by atoms with Gasteiger partial charge in [0.15, 0.2) is 5.69 Å². The van der Waals surface area contributed by atoms with Gasteiger partial charge in [-0.2, -0.15) is 5.10 Å². The van der Waals surface area contributed by atoms with E-state index in [1.54, 1.807) is 24.8 Å². The Kier molecular flexibility index (Phi) is 7.01. The van der Waals surface area contributed by atoms with Crippen LogP contribution in [0.25, 0.3) is 16.9 Å². The number of amides is 1. The molecule has 0 bridgehead atoms. The van der Waals surface area contributed by atoms with Gasteiger partial charge in [0.25, 0.3) is 5.91 Å². The van der Waals surface area contributed by atoms with E-state index < -0.39 is 5.97 Å². The monoisotopic (exact) mass is 461 g/mol. The minimum absolute atomic E-state index is 0.0491. The summed E-state index contributed by atoms with van der Waals surface area (Å²) in [6.07, 6.45) is 1.15. The molecule has 0 N–H and O–H groups in total. The molecule has 0 unspecified atom stereocenters. The minimum Gasteiger partial charge on any atom is -0.497 e. The van der Waals surface area contributed by atoms with Gasteiger partial charge >= 0.3 is 5.97 Å². The van der Waals surface area contributed by atoms with Crippen LogP contribution < -0.4 is 4.74 Å². The highest BCUT2D eigenvalue weighted by atomic mass is 16.5. The van der Waals surface area contributed by atoms with E-state index in [4.69, 9.17) is 9.47 Å². The molecule has 3 aromatic rings. The van der Waals surface area contributed by atoms with Crippen molar-refractivity contribution in [3.05, 3.63) is 65.9 Å². The van der Waals surface area contributed by atoms with Crippen LogP contribution in [0.1, 0.15) is 48.0 Å². The predicted molar refractivity (Wildman–Crippen MR) is 130 cm³/mol. The number of carbonyl (C=O) groups excluding carboxylic acids is 2. The van der Waals surface area contributed by atoms with Crippen LogP contribution in [0.15, 0.2) is 54.6 Å². The topological polar surface area (TPSA) is 73.7 Å². The first-order chi connectivity index (χ1) is 16.4. The van der Waals surface area contributed by atoms with Gasteiger partial charge < -0.3 is 14.4 Å². The number of methoxy groups -OCH3 is 1. The fourth-order valence-corrected chi connectivity index (χ4v) is 4.61. The van der Waals surface area contributed by atoms with Crippen molar-refractivity contribution < 1.29 is 19.1 Å². The molecule has 2 atom stereocenters. The molecule has 2 heterocycles. The molecule has 0 saturated carbocycles. The number of hydrogen-bond donors (Lipinski definition) is 0. The molecule has 1 aromatic heterocycles. The Balaban J connectivity index is 1.66. The average Bonchev–Trinajstić information content (AvgIpc) is 3.29. The maximum Gasteiger partial charge on any atom is 0.358 e. The number of hydrogen-bond acceptors (Lipinski definition) is 5. The molecular weight excluding hydrogens is 430 g/mol. The average molecular weight is 462 g/mol. The van der Waals surface area contributed by atoms with Crippen LogP contribution in [0.3, 0.4) is 0 Å². The molecule has 0 spiro atoms. The van der Waals surface area contributed by atoms with Crippen LogP contribution >= 0.6 is 0 Å². The number of likely N-dealkylation sites (tertiary alicyclic amines) is 1. The zero-order chi connectivity index (χ0) is 24.2. The third-order valence-electron chi connectivity index (χ3n) is 6.09. The first-order valence-corrected chi connectivity index (χ1v) is 11.7. The van der Waals surface area contributed by atoms with Gasteiger partial charge in [-0.25, -0.2) is 9.48 Å². The van der Waals surface area contributed by atoms with Crippen LogP contribution in [-0.4, -0.2) is 53.4 Å².